The molecule has 0 spiro atoms. The van der Waals surface area contributed by atoms with Gasteiger partial charge in [0.25, 0.3) is 0 Å². The van der Waals surface area contributed by atoms with Crippen LogP contribution in [0.2, 0.25) is 0 Å². The van der Waals surface area contributed by atoms with Crippen LogP contribution in [0.25, 0.3) is 0 Å². The number of ether oxygens (including phenoxy) is 1. The Balaban J connectivity index is 3.80. The number of aliphatic carboxylic acids is 1. The van der Waals surface area contributed by atoms with Gasteiger partial charge in [0.05, 0.1) is 6.61 Å². The SMILES string of the molecule is C=C(C)C(=O)OCCC(C)=CC(=O)O. The first kappa shape index (κ1) is 12.4. The molecular weight excluding hydrogens is 184 g/mol. The quantitative estimate of drug-likeness (QED) is 0.537. The van der Waals surface area contributed by atoms with E-state index in [1.54, 1.807) is 13.8 Å². The maximum Gasteiger partial charge on any atom is 0.333 e. The molecule has 0 aliphatic rings. The lowest BCUT2D eigenvalue weighted by atomic mass is 10.2. The summed E-state index contributed by atoms with van der Waals surface area (Å²) in [4.78, 5) is 21.1. The number of carbonyl (C=O) groups excluding carboxylic acids is 1. The van der Waals surface area contributed by atoms with Crippen LogP contribution in [-0.4, -0.2) is 23.7 Å². The number of carboxylic acid groups (broad SMARTS) is 1. The fourth-order valence-corrected chi connectivity index (χ4v) is 0.711. The van der Waals surface area contributed by atoms with Crippen molar-refractivity contribution in [3.05, 3.63) is 23.8 Å². The van der Waals surface area contributed by atoms with Crippen molar-refractivity contribution in [1.29, 1.82) is 0 Å². The van der Waals surface area contributed by atoms with Gasteiger partial charge in [0, 0.05) is 18.1 Å². The molecule has 0 rings (SSSR count). The summed E-state index contributed by atoms with van der Waals surface area (Å²) in [5, 5.41) is 8.38. The number of carbonyl (C=O) groups is 2. The van der Waals surface area contributed by atoms with E-state index in [-0.39, 0.29) is 6.61 Å². The van der Waals surface area contributed by atoms with Gasteiger partial charge in [-0.05, 0) is 13.8 Å². The average Bonchev–Trinajstić information content (AvgIpc) is 2.02. The van der Waals surface area contributed by atoms with Crippen molar-refractivity contribution in [2.24, 2.45) is 0 Å². The van der Waals surface area contributed by atoms with E-state index >= 15 is 0 Å². The number of rotatable bonds is 5. The molecule has 0 bridgehead atoms. The fraction of sp³-hybridized carbons (Fsp3) is 0.400. The summed E-state index contributed by atoms with van der Waals surface area (Å²) in [6.45, 7) is 6.83. The molecule has 0 unspecified atom stereocenters. The van der Waals surface area contributed by atoms with Crippen LogP contribution in [0.3, 0.4) is 0 Å². The summed E-state index contributed by atoms with van der Waals surface area (Å²) < 4.78 is 4.78. The standard InChI is InChI=1S/C10H14O4/c1-7(2)10(13)14-5-4-8(3)6-9(11)12/h6H,1,4-5H2,2-3H3,(H,11,12). The van der Waals surface area contributed by atoms with Crippen LogP contribution in [0.4, 0.5) is 0 Å². The van der Waals surface area contributed by atoms with Crippen molar-refractivity contribution in [1.82, 2.24) is 0 Å². The zero-order valence-electron chi connectivity index (χ0n) is 8.37. The number of esters is 1. The van der Waals surface area contributed by atoms with E-state index < -0.39 is 11.9 Å². The third kappa shape index (κ3) is 5.99. The van der Waals surface area contributed by atoms with Crippen molar-refractivity contribution in [3.63, 3.8) is 0 Å². The topological polar surface area (TPSA) is 63.6 Å². The van der Waals surface area contributed by atoms with Gasteiger partial charge >= 0.3 is 11.9 Å². The summed E-state index contributed by atoms with van der Waals surface area (Å²) in [6, 6.07) is 0. The van der Waals surface area contributed by atoms with Gasteiger partial charge in [-0.2, -0.15) is 0 Å². The summed E-state index contributed by atoms with van der Waals surface area (Å²) in [7, 11) is 0. The second-order valence-corrected chi connectivity index (χ2v) is 3.00. The molecule has 4 heteroatoms. The molecule has 0 aromatic carbocycles. The minimum absolute atomic E-state index is 0.182. The van der Waals surface area contributed by atoms with Crippen LogP contribution in [0.1, 0.15) is 20.3 Å². The maximum absolute atomic E-state index is 10.9. The molecule has 0 aromatic rings. The van der Waals surface area contributed by atoms with Gasteiger partial charge in [-0.1, -0.05) is 12.2 Å². The predicted octanol–water partition coefficient (Wildman–Crippen LogP) is 1.53. The van der Waals surface area contributed by atoms with Gasteiger partial charge in [0.15, 0.2) is 0 Å². The van der Waals surface area contributed by atoms with Gasteiger partial charge in [0.2, 0.25) is 0 Å². The Morgan fingerprint density at radius 3 is 2.43 bits per heavy atom. The molecule has 0 saturated carbocycles. The monoisotopic (exact) mass is 198 g/mol. The molecule has 0 atom stereocenters. The van der Waals surface area contributed by atoms with E-state index in [4.69, 9.17) is 9.84 Å². The molecule has 0 aromatic heterocycles. The Kier molecular flexibility index (Phi) is 5.29. The first-order chi connectivity index (χ1) is 6.43. The Morgan fingerprint density at radius 1 is 1.43 bits per heavy atom. The average molecular weight is 198 g/mol. The van der Waals surface area contributed by atoms with Crippen LogP contribution in [0.15, 0.2) is 23.8 Å². The molecule has 0 aliphatic heterocycles. The van der Waals surface area contributed by atoms with Gasteiger partial charge in [0.1, 0.15) is 0 Å². The zero-order chi connectivity index (χ0) is 11.1. The van der Waals surface area contributed by atoms with Gasteiger partial charge < -0.3 is 9.84 Å². The molecule has 4 nitrogen and oxygen atoms in total. The zero-order valence-corrected chi connectivity index (χ0v) is 8.37. The number of hydrogen-bond donors (Lipinski definition) is 1. The highest BCUT2D eigenvalue weighted by Crippen LogP contribution is 2.01. The molecule has 0 fully saturated rings. The second kappa shape index (κ2) is 5.96. The summed E-state index contributed by atoms with van der Waals surface area (Å²) in [6.07, 6.45) is 1.51. The minimum Gasteiger partial charge on any atom is -0.478 e. The third-order valence-electron chi connectivity index (χ3n) is 1.45. The maximum atomic E-state index is 10.9. The highest BCUT2D eigenvalue weighted by molar-refractivity contribution is 5.86. The first-order valence-corrected chi connectivity index (χ1v) is 4.16. The normalized spacial score (nSPS) is 10.9. The highest BCUT2D eigenvalue weighted by Gasteiger charge is 2.02. The third-order valence-corrected chi connectivity index (χ3v) is 1.45. The smallest absolute Gasteiger partial charge is 0.333 e. The van der Waals surface area contributed by atoms with Gasteiger partial charge in [-0.3, -0.25) is 0 Å². The summed E-state index contributed by atoms with van der Waals surface area (Å²) >= 11 is 0. The Morgan fingerprint density at radius 2 is 2.00 bits per heavy atom. The van der Waals surface area contributed by atoms with E-state index in [1.165, 1.54) is 0 Å². The van der Waals surface area contributed by atoms with Crippen LogP contribution in [-0.2, 0) is 14.3 Å². The lowest BCUT2D eigenvalue weighted by Gasteiger charge is -2.03. The Bertz CT molecular complexity index is 276. The number of carboxylic acids is 1. The van der Waals surface area contributed by atoms with E-state index in [0.29, 0.717) is 17.6 Å². The number of hydrogen-bond acceptors (Lipinski definition) is 3. The van der Waals surface area contributed by atoms with Crippen molar-refractivity contribution in [2.75, 3.05) is 6.61 Å². The predicted molar refractivity (Wildman–Crippen MR) is 51.8 cm³/mol. The summed E-state index contributed by atoms with van der Waals surface area (Å²) in [5.74, 6) is -1.44. The van der Waals surface area contributed by atoms with Crippen molar-refractivity contribution < 1.29 is 19.4 Å². The Labute approximate surface area is 82.9 Å². The van der Waals surface area contributed by atoms with Crippen LogP contribution < -0.4 is 0 Å². The van der Waals surface area contributed by atoms with E-state index in [1.807, 2.05) is 0 Å². The lowest BCUT2D eigenvalue weighted by molar-refractivity contribution is -0.138. The van der Waals surface area contributed by atoms with E-state index in [2.05, 4.69) is 6.58 Å². The molecule has 78 valence electrons. The lowest BCUT2D eigenvalue weighted by Crippen LogP contribution is -2.06. The Hall–Kier alpha value is -1.58. The first-order valence-electron chi connectivity index (χ1n) is 4.16. The van der Waals surface area contributed by atoms with Crippen LogP contribution >= 0.6 is 0 Å². The second-order valence-electron chi connectivity index (χ2n) is 3.00. The largest absolute Gasteiger partial charge is 0.478 e. The summed E-state index contributed by atoms with van der Waals surface area (Å²) in [5.41, 5.74) is 0.997. The van der Waals surface area contributed by atoms with Crippen molar-refractivity contribution in [2.45, 2.75) is 20.3 Å². The minimum atomic E-state index is -0.992. The van der Waals surface area contributed by atoms with E-state index in [9.17, 15) is 9.59 Å². The van der Waals surface area contributed by atoms with Gasteiger partial charge in [-0.25, -0.2) is 9.59 Å². The fourth-order valence-electron chi connectivity index (χ4n) is 0.711. The van der Waals surface area contributed by atoms with Crippen molar-refractivity contribution in [3.8, 4) is 0 Å². The molecule has 0 amide bonds. The molecular formula is C10H14O4. The van der Waals surface area contributed by atoms with Crippen LogP contribution in [0.5, 0.6) is 0 Å². The highest BCUT2D eigenvalue weighted by atomic mass is 16.5. The van der Waals surface area contributed by atoms with E-state index in [0.717, 1.165) is 6.08 Å². The molecule has 0 radical (unpaired) electrons. The molecule has 0 saturated heterocycles. The van der Waals surface area contributed by atoms with Crippen molar-refractivity contribution >= 4 is 11.9 Å². The molecule has 14 heavy (non-hydrogen) atoms. The molecule has 0 heterocycles. The van der Waals surface area contributed by atoms with Crippen LogP contribution in [0, 0.1) is 0 Å². The molecule has 1 N–H and O–H groups in total. The molecule has 0 aliphatic carbocycles. The van der Waals surface area contributed by atoms with Gasteiger partial charge in [-0.15, -0.1) is 0 Å².